The Labute approximate surface area is 165 Å². The van der Waals surface area contributed by atoms with Crippen LogP contribution in [0.1, 0.15) is 10.4 Å². The Balaban J connectivity index is 2.02. The van der Waals surface area contributed by atoms with E-state index in [0.717, 1.165) is 0 Å². The lowest BCUT2D eigenvalue weighted by atomic mass is 10.1. The van der Waals surface area contributed by atoms with Gasteiger partial charge in [0.2, 0.25) is 5.91 Å². The highest BCUT2D eigenvalue weighted by Crippen LogP contribution is 2.17. The molecule has 0 bridgehead atoms. The van der Waals surface area contributed by atoms with E-state index >= 15 is 0 Å². The summed E-state index contributed by atoms with van der Waals surface area (Å²) in [5.41, 5.74) is 1.57. The molecule has 0 heterocycles. The van der Waals surface area contributed by atoms with Crippen LogP contribution in [0.2, 0.25) is 0 Å². The van der Waals surface area contributed by atoms with E-state index in [1.807, 2.05) is 35.2 Å². The summed E-state index contributed by atoms with van der Waals surface area (Å²) in [6, 6.07) is 16.1. The molecule has 0 unspecified atom stereocenters. The highest BCUT2D eigenvalue weighted by Gasteiger charge is 2.15. The van der Waals surface area contributed by atoms with Gasteiger partial charge in [0.25, 0.3) is 5.91 Å². The summed E-state index contributed by atoms with van der Waals surface area (Å²) in [4.78, 5) is 27.1. The number of para-hydroxylation sites is 2. The van der Waals surface area contributed by atoms with Gasteiger partial charge < -0.3 is 20.1 Å². The average Bonchev–Trinajstić information content (AvgIpc) is 2.71. The maximum absolute atomic E-state index is 12.6. The van der Waals surface area contributed by atoms with Crippen LogP contribution in [0.15, 0.2) is 54.6 Å². The highest BCUT2D eigenvalue weighted by atomic mass is 16.5. The molecule has 2 amide bonds. The first kappa shape index (κ1) is 21.6. The van der Waals surface area contributed by atoms with Crippen LogP contribution in [-0.2, 0) is 14.3 Å². The second-order valence-electron chi connectivity index (χ2n) is 6.18. The van der Waals surface area contributed by atoms with Gasteiger partial charge >= 0.3 is 0 Å². The Bertz CT molecular complexity index is 744. The first-order valence-electron chi connectivity index (χ1n) is 9.09. The molecule has 2 aromatic carbocycles. The zero-order chi connectivity index (χ0) is 20.2. The monoisotopic (exact) mass is 385 g/mol. The van der Waals surface area contributed by atoms with Crippen LogP contribution in [0.3, 0.4) is 0 Å². The van der Waals surface area contributed by atoms with Crippen molar-refractivity contribution in [3.05, 3.63) is 60.2 Å². The summed E-state index contributed by atoms with van der Waals surface area (Å²) in [5.74, 6) is -0.482. The number of nitrogens with zero attached hydrogens (tertiary/aromatic N) is 1. The molecule has 0 atom stereocenters. The molecule has 150 valence electrons. The second kappa shape index (κ2) is 11.9. The normalized spacial score (nSPS) is 10.7. The number of carbonyl (C=O) groups is 2. The van der Waals surface area contributed by atoms with Crippen molar-refractivity contribution in [3.8, 4) is 0 Å². The smallest absolute Gasteiger partial charge is 0.257 e. The largest absolute Gasteiger partial charge is 0.383 e. The maximum Gasteiger partial charge on any atom is 0.257 e. The van der Waals surface area contributed by atoms with Crippen molar-refractivity contribution in [2.24, 2.45) is 0 Å². The molecule has 28 heavy (non-hydrogen) atoms. The molecule has 0 radical (unpaired) electrons. The van der Waals surface area contributed by atoms with Crippen LogP contribution >= 0.6 is 0 Å². The van der Waals surface area contributed by atoms with Crippen LogP contribution in [0.5, 0.6) is 0 Å². The summed E-state index contributed by atoms with van der Waals surface area (Å²) in [7, 11) is 3.24. The molecular formula is C21H27N3O4. The van der Waals surface area contributed by atoms with Gasteiger partial charge in [0.15, 0.2) is 0 Å². The van der Waals surface area contributed by atoms with E-state index in [1.165, 1.54) is 0 Å². The summed E-state index contributed by atoms with van der Waals surface area (Å²) in [6.07, 6.45) is 0. The van der Waals surface area contributed by atoms with Gasteiger partial charge in [0.1, 0.15) is 0 Å². The van der Waals surface area contributed by atoms with Gasteiger partial charge in [-0.2, -0.15) is 0 Å². The fourth-order valence-corrected chi connectivity index (χ4v) is 2.61. The Morgan fingerprint density at radius 2 is 1.46 bits per heavy atom. The Morgan fingerprint density at radius 3 is 2.11 bits per heavy atom. The lowest BCUT2D eigenvalue weighted by Crippen LogP contribution is -2.37. The van der Waals surface area contributed by atoms with Crippen LogP contribution in [-0.4, -0.2) is 63.8 Å². The van der Waals surface area contributed by atoms with Crippen LogP contribution in [0, 0.1) is 0 Å². The number of benzene rings is 2. The fourth-order valence-electron chi connectivity index (χ4n) is 2.61. The molecule has 0 saturated carbocycles. The van der Waals surface area contributed by atoms with Gasteiger partial charge in [-0.1, -0.05) is 30.3 Å². The first-order valence-corrected chi connectivity index (χ1v) is 9.09. The van der Waals surface area contributed by atoms with Gasteiger partial charge in [-0.15, -0.1) is 0 Å². The van der Waals surface area contributed by atoms with Crippen molar-refractivity contribution in [1.29, 1.82) is 0 Å². The standard InChI is InChI=1S/C21H27N3O4/c1-27-14-12-24(13-15-28-2)16-20(25)23-19-11-7-6-10-18(19)21(26)22-17-8-4-3-5-9-17/h3-11H,12-16H2,1-2H3,(H,22,26)(H,23,25). The van der Waals surface area contributed by atoms with Crippen LogP contribution in [0.4, 0.5) is 11.4 Å². The lowest BCUT2D eigenvalue weighted by molar-refractivity contribution is -0.117. The maximum atomic E-state index is 12.6. The van der Waals surface area contributed by atoms with E-state index in [4.69, 9.17) is 9.47 Å². The Morgan fingerprint density at radius 1 is 0.857 bits per heavy atom. The molecule has 0 aliphatic heterocycles. The molecule has 0 fully saturated rings. The van der Waals surface area contributed by atoms with E-state index in [1.54, 1.807) is 38.5 Å². The molecule has 0 aliphatic rings. The van der Waals surface area contributed by atoms with Gasteiger partial charge in [-0.25, -0.2) is 0 Å². The number of carbonyl (C=O) groups excluding carboxylic acids is 2. The van der Waals surface area contributed by atoms with E-state index in [0.29, 0.717) is 43.2 Å². The number of nitrogens with one attached hydrogen (secondary N) is 2. The van der Waals surface area contributed by atoms with E-state index in [9.17, 15) is 9.59 Å². The van der Waals surface area contributed by atoms with Crippen molar-refractivity contribution in [1.82, 2.24) is 4.90 Å². The van der Waals surface area contributed by atoms with E-state index in [-0.39, 0.29) is 18.4 Å². The fraction of sp³-hybridized carbons (Fsp3) is 0.333. The third-order valence-corrected chi connectivity index (χ3v) is 4.07. The zero-order valence-corrected chi connectivity index (χ0v) is 16.3. The molecule has 0 aliphatic carbocycles. The van der Waals surface area contributed by atoms with Crippen molar-refractivity contribution in [2.45, 2.75) is 0 Å². The van der Waals surface area contributed by atoms with Crippen molar-refractivity contribution in [3.63, 3.8) is 0 Å². The first-order chi connectivity index (χ1) is 13.6. The molecule has 2 aromatic rings. The number of amides is 2. The van der Waals surface area contributed by atoms with E-state index < -0.39 is 0 Å². The summed E-state index contributed by atoms with van der Waals surface area (Å²) in [6.45, 7) is 2.45. The van der Waals surface area contributed by atoms with Gasteiger partial charge in [0.05, 0.1) is 31.0 Å². The zero-order valence-electron chi connectivity index (χ0n) is 16.3. The molecule has 2 N–H and O–H groups in total. The number of rotatable bonds is 11. The molecule has 0 spiro atoms. The minimum atomic E-state index is -0.280. The summed E-state index contributed by atoms with van der Waals surface area (Å²) < 4.78 is 10.2. The molecular weight excluding hydrogens is 358 g/mol. The molecule has 0 saturated heterocycles. The van der Waals surface area contributed by atoms with Crippen LogP contribution < -0.4 is 10.6 Å². The minimum Gasteiger partial charge on any atom is -0.383 e. The summed E-state index contributed by atoms with van der Waals surface area (Å²) in [5, 5.41) is 5.67. The van der Waals surface area contributed by atoms with Crippen molar-refractivity contribution < 1.29 is 19.1 Å². The number of anilines is 2. The SMILES string of the molecule is COCCN(CCOC)CC(=O)Nc1ccccc1C(=O)Nc1ccccc1. The van der Waals surface area contributed by atoms with E-state index in [2.05, 4.69) is 10.6 Å². The number of methoxy groups -OCH3 is 2. The lowest BCUT2D eigenvalue weighted by Gasteiger charge is -2.21. The Hall–Kier alpha value is -2.74. The summed E-state index contributed by atoms with van der Waals surface area (Å²) >= 11 is 0. The third kappa shape index (κ3) is 7.11. The molecule has 7 heteroatoms. The van der Waals surface area contributed by atoms with Gasteiger partial charge in [0, 0.05) is 33.0 Å². The quantitative estimate of drug-likeness (QED) is 0.621. The molecule has 7 nitrogen and oxygen atoms in total. The van der Waals surface area contributed by atoms with Gasteiger partial charge in [-0.05, 0) is 24.3 Å². The predicted molar refractivity (Wildman–Crippen MR) is 110 cm³/mol. The van der Waals surface area contributed by atoms with Gasteiger partial charge in [-0.3, -0.25) is 14.5 Å². The van der Waals surface area contributed by atoms with Crippen molar-refractivity contribution in [2.75, 3.05) is 57.7 Å². The molecule has 0 aromatic heterocycles. The third-order valence-electron chi connectivity index (χ3n) is 4.07. The van der Waals surface area contributed by atoms with Crippen LogP contribution in [0.25, 0.3) is 0 Å². The highest BCUT2D eigenvalue weighted by molar-refractivity contribution is 6.10. The number of ether oxygens (including phenoxy) is 2. The average molecular weight is 385 g/mol. The Kier molecular flexibility index (Phi) is 9.14. The molecule has 2 rings (SSSR count). The minimum absolute atomic E-state index is 0.182. The number of hydrogen-bond acceptors (Lipinski definition) is 5. The second-order valence-corrected chi connectivity index (χ2v) is 6.18. The van der Waals surface area contributed by atoms with Crippen molar-refractivity contribution >= 4 is 23.2 Å². The topological polar surface area (TPSA) is 79.9 Å². The number of hydrogen-bond donors (Lipinski definition) is 2. The predicted octanol–water partition coefficient (Wildman–Crippen LogP) is 2.47.